The van der Waals surface area contributed by atoms with E-state index in [-0.39, 0.29) is 12.3 Å². The number of carboxylic acids is 1. The Bertz CT molecular complexity index is 462. The van der Waals surface area contributed by atoms with Crippen LogP contribution >= 0.6 is 0 Å². The molecule has 0 bridgehead atoms. The van der Waals surface area contributed by atoms with Gasteiger partial charge in [0.05, 0.1) is 6.10 Å². The second-order valence-electron chi connectivity index (χ2n) is 5.13. The highest BCUT2D eigenvalue weighted by Gasteiger charge is 2.27. The second-order valence-corrected chi connectivity index (χ2v) is 5.13. The third kappa shape index (κ3) is 9.33. The zero-order chi connectivity index (χ0) is 17.8. The smallest absolute Gasteiger partial charge is 0.328 e. The van der Waals surface area contributed by atoms with E-state index in [4.69, 9.17) is 10.6 Å². The Morgan fingerprint density at radius 2 is 1.83 bits per heavy atom. The maximum Gasteiger partial charge on any atom is 0.328 e. The van der Waals surface area contributed by atoms with Crippen LogP contribution in [0, 0.1) is 5.53 Å². The molecule has 0 heterocycles. The number of unbranched alkanes of at least 4 members (excludes halogenated alkanes) is 2. The first-order chi connectivity index (χ1) is 10.8. The van der Waals surface area contributed by atoms with E-state index in [1.165, 1.54) is 13.8 Å². The van der Waals surface area contributed by atoms with Crippen molar-refractivity contribution in [3.8, 4) is 0 Å². The number of hydrogen-bond acceptors (Lipinski definition) is 6. The molecule has 10 nitrogen and oxygen atoms in total. The highest BCUT2D eigenvalue weighted by atomic mass is 16.4. The van der Waals surface area contributed by atoms with E-state index < -0.39 is 30.1 Å². The van der Waals surface area contributed by atoms with Gasteiger partial charge in [0.1, 0.15) is 23.2 Å². The zero-order valence-electron chi connectivity index (χ0n) is 13.3. The van der Waals surface area contributed by atoms with Gasteiger partial charge in [-0.25, -0.2) is 4.79 Å². The molecule has 23 heavy (non-hydrogen) atoms. The van der Waals surface area contributed by atoms with E-state index >= 15 is 0 Å². The lowest BCUT2D eigenvalue weighted by Crippen LogP contribution is -2.53. The highest BCUT2D eigenvalue weighted by molar-refractivity contribution is 5.90. The second kappa shape index (κ2) is 11.3. The van der Waals surface area contributed by atoms with Crippen LogP contribution in [0.5, 0.6) is 0 Å². The van der Waals surface area contributed by atoms with Crippen molar-refractivity contribution >= 4 is 17.8 Å². The van der Waals surface area contributed by atoms with Crippen molar-refractivity contribution in [3.63, 3.8) is 0 Å². The molecule has 2 amide bonds. The molecule has 0 radical (unpaired) electrons. The Hall–Kier alpha value is -2.32. The number of carbonyl (C=O) groups excluding carboxylic acids is 2. The average molecular weight is 330 g/mol. The number of rotatable bonds is 11. The molecule has 3 atom stereocenters. The molecular formula is C13H24N5O5+. The number of nitrogens with one attached hydrogen (secondary N) is 3. The lowest BCUT2D eigenvalue weighted by atomic mass is 10.1. The van der Waals surface area contributed by atoms with E-state index in [1.54, 1.807) is 0 Å². The first kappa shape index (κ1) is 20.7. The Kier molecular flexibility index (Phi) is 10.1. The van der Waals surface area contributed by atoms with Crippen LogP contribution < -0.4 is 15.5 Å². The van der Waals surface area contributed by atoms with E-state index in [2.05, 4.69) is 20.7 Å². The number of hydrogen-bond donors (Lipinski definition) is 5. The summed E-state index contributed by atoms with van der Waals surface area (Å²) < 4.78 is 0. The van der Waals surface area contributed by atoms with Crippen molar-refractivity contribution < 1.29 is 24.6 Å². The molecule has 0 aliphatic rings. The SMILES string of the molecule is C[C@H](NC(=O)CCCCCN=[N+]=N)C(=O)N[C@H](C(=O)O)[C@@H](C)O. The monoisotopic (exact) mass is 330 g/mol. The predicted molar refractivity (Wildman–Crippen MR) is 79.5 cm³/mol. The number of aliphatic carboxylic acids is 1. The Balaban J connectivity index is 4.12. The van der Waals surface area contributed by atoms with Gasteiger partial charge in [-0.15, -0.1) is 0 Å². The summed E-state index contributed by atoms with van der Waals surface area (Å²) in [5, 5.41) is 26.3. The average Bonchev–Trinajstić information content (AvgIpc) is 2.47. The van der Waals surface area contributed by atoms with Crippen LogP contribution in [0.1, 0.15) is 39.5 Å². The van der Waals surface area contributed by atoms with Crippen LogP contribution in [0.3, 0.4) is 0 Å². The molecule has 5 N–H and O–H groups in total. The third-order valence-corrected chi connectivity index (χ3v) is 3.05. The number of amides is 2. The Morgan fingerprint density at radius 3 is 2.35 bits per heavy atom. The fourth-order valence-corrected chi connectivity index (χ4v) is 1.74. The molecule has 0 aliphatic carbocycles. The summed E-state index contributed by atoms with van der Waals surface area (Å²) in [6, 6.07) is -2.33. The van der Waals surface area contributed by atoms with Crippen LogP contribution in [0.4, 0.5) is 0 Å². The molecule has 10 heteroatoms. The summed E-state index contributed by atoms with van der Waals surface area (Å²) in [5.74, 6) is -2.35. The van der Waals surface area contributed by atoms with Crippen molar-refractivity contribution in [3.05, 3.63) is 0 Å². The van der Waals surface area contributed by atoms with Gasteiger partial charge in [-0.1, -0.05) is 6.42 Å². The summed E-state index contributed by atoms with van der Waals surface area (Å²) in [4.78, 5) is 37.2. The molecule has 0 aromatic heterocycles. The quantitative estimate of drug-likeness (QED) is 0.196. The predicted octanol–water partition coefficient (Wildman–Crippen LogP) is -0.448. The lowest BCUT2D eigenvalue weighted by molar-refractivity contribution is -0.145. The van der Waals surface area contributed by atoms with Crippen LogP contribution in [0.15, 0.2) is 5.11 Å². The first-order valence-corrected chi connectivity index (χ1v) is 7.33. The fourth-order valence-electron chi connectivity index (χ4n) is 1.74. The molecular weight excluding hydrogens is 306 g/mol. The summed E-state index contributed by atoms with van der Waals surface area (Å²) in [5.41, 5.74) is 6.47. The molecule has 0 aromatic rings. The molecule has 0 spiro atoms. The Morgan fingerprint density at radius 1 is 1.17 bits per heavy atom. The minimum absolute atomic E-state index is 0.231. The molecule has 0 saturated carbocycles. The van der Waals surface area contributed by atoms with Gasteiger partial charge in [-0.3, -0.25) is 9.59 Å². The molecule has 0 aromatic carbocycles. The normalized spacial score (nSPS) is 14.0. The topological polar surface area (TPSA) is 166 Å². The van der Waals surface area contributed by atoms with Gasteiger partial charge in [-0.05, 0) is 26.7 Å². The zero-order valence-corrected chi connectivity index (χ0v) is 13.3. The van der Waals surface area contributed by atoms with Crippen LogP contribution in [0.25, 0.3) is 0 Å². The third-order valence-electron chi connectivity index (χ3n) is 3.05. The first-order valence-electron chi connectivity index (χ1n) is 7.33. The molecule has 0 aliphatic heterocycles. The molecule has 0 fully saturated rings. The molecule has 0 rings (SSSR count). The van der Waals surface area contributed by atoms with Crippen molar-refractivity contribution in [1.29, 1.82) is 5.53 Å². The standard InChI is InChI=1S/C13H23N5O5/c1-8(12(21)17-11(9(2)19)13(22)23)16-10(20)6-4-3-5-7-15-18-14/h8-9,11,14,19H,3-7H2,1-2H3,(H2-,16,17,20,21,22,23)/p+1/t8-,9+,11-/m0/s1. The van der Waals surface area contributed by atoms with Crippen molar-refractivity contribution in [1.82, 2.24) is 15.5 Å². The number of nitrogens with zero attached hydrogens (tertiary/aromatic N) is 2. The van der Waals surface area contributed by atoms with Crippen LogP contribution in [-0.4, -0.2) is 52.7 Å². The minimum Gasteiger partial charge on any atom is -0.480 e. The summed E-state index contributed by atoms with van der Waals surface area (Å²) >= 11 is 0. The van der Waals surface area contributed by atoms with E-state index in [0.29, 0.717) is 13.0 Å². The number of carboxylic acid groups (broad SMARTS) is 1. The van der Waals surface area contributed by atoms with Gasteiger partial charge < -0.3 is 20.8 Å². The van der Waals surface area contributed by atoms with Gasteiger partial charge >= 0.3 is 5.97 Å². The lowest BCUT2D eigenvalue weighted by Gasteiger charge is -2.20. The summed E-state index contributed by atoms with van der Waals surface area (Å²) in [7, 11) is 0. The van der Waals surface area contributed by atoms with Crippen molar-refractivity contribution in [2.45, 2.75) is 57.7 Å². The number of aliphatic hydroxyl groups excluding tert-OH is 1. The largest absolute Gasteiger partial charge is 0.480 e. The van der Waals surface area contributed by atoms with Gasteiger partial charge in [0.15, 0.2) is 6.04 Å². The number of carbonyl (C=O) groups is 3. The minimum atomic E-state index is -1.42. The van der Waals surface area contributed by atoms with Crippen molar-refractivity contribution in [2.24, 2.45) is 5.11 Å². The fraction of sp³-hybridized carbons (Fsp3) is 0.769. The highest BCUT2D eigenvalue weighted by Crippen LogP contribution is 2.01. The van der Waals surface area contributed by atoms with E-state index in [9.17, 15) is 19.5 Å². The van der Waals surface area contributed by atoms with Crippen molar-refractivity contribution in [2.75, 3.05) is 6.54 Å². The van der Waals surface area contributed by atoms with Crippen LogP contribution in [0.2, 0.25) is 0 Å². The van der Waals surface area contributed by atoms with Crippen LogP contribution in [-0.2, 0) is 14.4 Å². The molecule has 0 unspecified atom stereocenters. The summed E-state index contributed by atoms with van der Waals surface area (Å²) in [6.45, 7) is 3.13. The van der Waals surface area contributed by atoms with Gasteiger partial charge in [-0.2, -0.15) is 0 Å². The summed E-state index contributed by atoms with van der Waals surface area (Å²) in [6.07, 6.45) is 1.06. The van der Waals surface area contributed by atoms with Gasteiger partial charge in [0, 0.05) is 6.42 Å². The maximum absolute atomic E-state index is 11.8. The van der Waals surface area contributed by atoms with Gasteiger partial charge in [0.2, 0.25) is 16.7 Å². The Labute approximate surface area is 133 Å². The van der Waals surface area contributed by atoms with Gasteiger partial charge in [0.25, 0.3) is 0 Å². The number of aliphatic hydroxyl groups is 1. The van der Waals surface area contributed by atoms with E-state index in [1.807, 2.05) is 0 Å². The molecule has 0 saturated heterocycles. The maximum atomic E-state index is 11.8. The molecule has 130 valence electrons. The van der Waals surface area contributed by atoms with E-state index in [0.717, 1.165) is 12.8 Å².